The Morgan fingerprint density at radius 1 is 1.33 bits per heavy atom. The van der Waals surface area contributed by atoms with Gasteiger partial charge >= 0.3 is 6.61 Å². The lowest BCUT2D eigenvalue weighted by molar-refractivity contribution is -0.0503. The van der Waals surface area contributed by atoms with Gasteiger partial charge in [-0.2, -0.15) is 8.78 Å². The zero-order valence-corrected chi connectivity index (χ0v) is 9.05. The van der Waals surface area contributed by atoms with Gasteiger partial charge in [-0.3, -0.25) is 0 Å². The average molecular weight is 215 g/mol. The highest BCUT2D eigenvalue weighted by atomic mass is 19.3. The van der Waals surface area contributed by atoms with Crippen molar-refractivity contribution < 1.29 is 13.5 Å². The van der Waals surface area contributed by atoms with E-state index in [0.717, 1.165) is 5.56 Å². The Morgan fingerprint density at radius 2 is 1.93 bits per heavy atom. The Bertz CT molecular complexity index is 345. The molecule has 0 aromatic heterocycles. The van der Waals surface area contributed by atoms with Crippen LogP contribution in [0.5, 0.6) is 5.75 Å². The molecule has 0 saturated heterocycles. The molecule has 15 heavy (non-hydrogen) atoms. The lowest BCUT2D eigenvalue weighted by Crippen LogP contribution is -2.28. The molecule has 0 spiro atoms. The smallest absolute Gasteiger partial charge is 0.387 e. The fourth-order valence-corrected chi connectivity index (χ4v) is 1.22. The van der Waals surface area contributed by atoms with Gasteiger partial charge in [-0.15, -0.1) is 0 Å². The molecule has 0 radical (unpaired) electrons. The van der Waals surface area contributed by atoms with Crippen molar-refractivity contribution in [2.45, 2.75) is 32.9 Å². The lowest BCUT2D eigenvalue weighted by Gasteiger charge is -2.20. The van der Waals surface area contributed by atoms with E-state index in [0.29, 0.717) is 5.56 Å². The van der Waals surface area contributed by atoms with Crippen molar-refractivity contribution in [3.8, 4) is 5.75 Å². The Labute approximate surface area is 88.0 Å². The van der Waals surface area contributed by atoms with E-state index >= 15 is 0 Å². The number of benzene rings is 1. The van der Waals surface area contributed by atoms with Crippen molar-refractivity contribution in [1.29, 1.82) is 0 Å². The quantitative estimate of drug-likeness (QED) is 0.841. The Hall–Kier alpha value is -1.16. The summed E-state index contributed by atoms with van der Waals surface area (Å²) in [5.41, 5.74) is 6.74. The molecule has 0 aliphatic heterocycles. The molecular formula is C11H15F2NO. The zero-order chi connectivity index (χ0) is 11.6. The van der Waals surface area contributed by atoms with Gasteiger partial charge in [0, 0.05) is 5.54 Å². The number of nitrogens with two attached hydrogens (primary N) is 1. The van der Waals surface area contributed by atoms with Gasteiger partial charge in [-0.1, -0.05) is 12.1 Å². The number of rotatable bonds is 3. The summed E-state index contributed by atoms with van der Waals surface area (Å²) in [4.78, 5) is 0. The summed E-state index contributed by atoms with van der Waals surface area (Å²) in [5.74, 6) is 0.182. The first-order valence-electron chi connectivity index (χ1n) is 4.65. The van der Waals surface area contributed by atoms with Gasteiger partial charge in [-0.25, -0.2) is 0 Å². The summed E-state index contributed by atoms with van der Waals surface area (Å²) in [5, 5.41) is 0. The monoisotopic (exact) mass is 215 g/mol. The van der Waals surface area contributed by atoms with Crippen LogP contribution >= 0.6 is 0 Å². The summed E-state index contributed by atoms with van der Waals surface area (Å²) in [6.45, 7) is 2.53. The molecular weight excluding hydrogens is 200 g/mol. The third-order valence-corrected chi connectivity index (χ3v) is 2.15. The van der Waals surface area contributed by atoms with E-state index in [9.17, 15) is 8.78 Å². The van der Waals surface area contributed by atoms with E-state index < -0.39 is 12.2 Å². The maximum atomic E-state index is 12.1. The lowest BCUT2D eigenvalue weighted by atomic mass is 9.94. The molecule has 0 fully saturated rings. The van der Waals surface area contributed by atoms with Crippen LogP contribution in [0.2, 0.25) is 0 Å². The first kappa shape index (κ1) is 11.9. The average Bonchev–Trinajstić information content (AvgIpc) is 2.06. The summed E-state index contributed by atoms with van der Waals surface area (Å²) in [6.07, 6.45) is 0. The molecule has 0 amide bonds. The third-order valence-electron chi connectivity index (χ3n) is 2.15. The maximum absolute atomic E-state index is 12.1. The zero-order valence-electron chi connectivity index (χ0n) is 9.05. The van der Waals surface area contributed by atoms with Crippen LogP contribution in [-0.4, -0.2) is 6.61 Å². The predicted octanol–water partition coefficient (Wildman–Crippen LogP) is 2.79. The van der Waals surface area contributed by atoms with Crippen molar-refractivity contribution in [1.82, 2.24) is 0 Å². The third kappa shape index (κ3) is 3.16. The number of hydrogen-bond donors (Lipinski definition) is 1. The summed E-state index contributed by atoms with van der Waals surface area (Å²) < 4.78 is 28.5. The van der Waals surface area contributed by atoms with Gasteiger partial charge in [-0.05, 0) is 38.0 Å². The molecule has 0 atom stereocenters. The fourth-order valence-electron chi connectivity index (χ4n) is 1.22. The minimum atomic E-state index is -2.81. The maximum Gasteiger partial charge on any atom is 0.387 e. The second-order valence-corrected chi connectivity index (χ2v) is 4.08. The van der Waals surface area contributed by atoms with E-state index in [-0.39, 0.29) is 5.75 Å². The highest BCUT2D eigenvalue weighted by Gasteiger charge is 2.16. The first-order valence-corrected chi connectivity index (χ1v) is 4.65. The number of hydrogen-bond acceptors (Lipinski definition) is 2. The van der Waals surface area contributed by atoms with Crippen molar-refractivity contribution in [3.05, 3.63) is 29.3 Å². The second-order valence-electron chi connectivity index (χ2n) is 4.08. The van der Waals surface area contributed by atoms with E-state index in [1.165, 1.54) is 0 Å². The number of ether oxygens (including phenoxy) is 1. The fraction of sp³-hybridized carbons (Fsp3) is 0.455. The van der Waals surface area contributed by atoms with E-state index in [1.807, 2.05) is 19.9 Å². The van der Waals surface area contributed by atoms with Gasteiger partial charge in [0.05, 0.1) is 0 Å². The standard InChI is InChI=1S/C11H15F2NO/c1-7-4-5-8(11(2,3)14)6-9(7)15-10(12)13/h4-6,10H,14H2,1-3H3. The van der Waals surface area contributed by atoms with Gasteiger partial charge in [0.1, 0.15) is 5.75 Å². The Balaban J connectivity index is 3.06. The molecule has 0 unspecified atom stereocenters. The SMILES string of the molecule is Cc1ccc(C(C)(C)N)cc1OC(F)F. The first-order chi connectivity index (χ1) is 6.80. The highest BCUT2D eigenvalue weighted by Crippen LogP contribution is 2.26. The number of aryl methyl sites for hydroxylation is 1. The van der Waals surface area contributed by atoms with Crippen molar-refractivity contribution in [3.63, 3.8) is 0 Å². The number of alkyl halides is 2. The predicted molar refractivity (Wildman–Crippen MR) is 55.0 cm³/mol. The van der Waals surface area contributed by atoms with Gasteiger partial charge in [0.15, 0.2) is 0 Å². The van der Waals surface area contributed by atoms with Crippen LogP contribution in [0.4, 0.5) is 8.78 Å². The van der Waals surface area contributed by atoms with E-state index in [1.54, 1.807) is 19.1 Å². The molecule has 4 heteroatoms. The van der Waals surface area contributed by atoms with Crippen LogP contribution < -0.4 is 10.5 Å². The van der Waals surface area contributed by atoms with Crippen LogP contribution in [0, 0.1) is 6.92 Å². The van der Waals surface area contributed by atoms with Crippen molar-refractivity contribution >= 4 is 0 Å². The van der Waals surface area contributed by atoms with E-state index in [4.69, 9.17) is 5.73 Å². The summed E-state index contributed by atoms with van der Waals surface area (Å²) in [6, 6.07) is 5.09. The molecule has 0 saturated carbocycles. The van der Waals surface area contributed by atoms with Crippen LogP contribution in [0.15, 0.2) is 18.2 Å². The number of halogens is 2. The van der Waals surface area contributed by atoms with Crippen molar-refractivity contribution in [2.75, 3.05) is 0 Å². The Kier molecular flexibility index (Phi) is 3.29. The molecule has 1 aromatic rings. The molecule has 0 heterocycles. The molecule has 1 rings (SSSR count). The van der Waals surface area contributed by atoms with Gasteiger partial charge in [0.25, 0.3) is 0 Å². The molecule has 2 N–H and O–H groups in total. The van der Waals surface area contributed by atoms with Crippen molar-refractivity contribution in [2.24, 2.45) is 5.73 Å². The van der Waals surface area contributed by atoms with Crippen LogP contribution in [-0.2, 0) is 5.54 Å². The highest BCUT2D eigenvalue weighted by molar-refractivity contribution is 5.39. The Morgan fingerprint density at radius 3 is 2.40 bits per heavy atom. The summed E-state index contributed by atoms with van der Waals surface area (Å²) in [7, 11) is 0. The van der Waals surface area contributed by atoms with Gasteiger partial charge in [0.2, 0.25) is 0 Å². The molecule has 1 aromatic carbocycles. The van der Waals surface area contributed by atoms with Crippen LogP contribution in [0.1, 0.15) is 25.0 Å². The van der Waals surface area contributed by atoms with Crippen LogP contribution in [0.25, 0.3) is 0 Å². The molecule has 84 valence electrons. The van der Waals surface area contributed by atoms with Gasteiger partial charge < -0.3 is 10.5 Å². The molecule has 0 aliphatic carbocycles. The molecule has 0 aliphatic rings. The molecule has 0 bridgehead atoms. The summed E-state index contributed by atoms with van der Waals surface area (Å²) >= 11 is 0. The minimum Gasteiger partial charge on any atom is -0.435 e. The van der Waals surface area contributed by atoms with E-state index in [2.05, 4.69) is 4.74 Å². The topological polar surface area (TPSA) is 35.2 Å². The molecule has 2 nitrogen and oxygen atoms in total. The normalized spacial score (nSPS) is 11.9. The largest absolute Gasteiger partial charge is 0.435 e. The second kappa shape index (κ2) is 4.14. The van der Waals surface area contributed by atoms with Crippen LogP contribution in [0.3, 0.4) is 0 Å². The minimum absolute atomic E-state index is 0.182.